The molecule has 200 valence electrons. The van der Waals surface area contributed by atoms with Gasteiger partial charge in [0.05, 0.1) is 24.6 Å². The van der Waals surface area contributed by atoms with E-state index in [1.54, 1.807) is 13.2 Å². The van der Waals surface area contributed by atoms with E-state index in [4.69, 9.17) is 14.2 Å². The van der Waals surface area contributed by atoms with Crippen LogP contribution in [-0.4, -0.2) is 73.2 Å². The Kier molecular flexibility index (Phi) is 5.83. The Hall–Kier alpha value is -3.32. The van der Waals surface area contributed by atoms with E-state index in [2.05, 4.69) is 24.1 Å². The number of carbonyl (C=O) groups excluding carboxylic acids is 2. The standard InChI is InChI=1S/C31H36N2O5/c1-19-7-6-8-21(17-19)9-12-26(35)33(4)23-13-14-31(38-20(2)34)25-18-22-10-11-24(36-5)28-27(22)30(31,29(23)37-28)15-16-32(25)3/h6-12,17,23,25,29H,13-16,18H2,1-5H3/b12-9+/t23?,25-,29?,30+,31-/m1/s1. The van der Waals surface area contributed by atoms with E-state index in [9.17, 15) is 9.59 Å². The van der Waals surface area contributed by atoms with Crippen LogP contribution in [0.2, 0.25) is 0 Å². The maximum absolute atomic E-state index is 13.5. The second-order valence-corrected chi connectivity index (χ2v) is 11.4. The van der Waals surface area contributed by atoms with Crippen molar-refractivity contribution in [1.29, 1.82) is 0 Å². The number of aryl methyl sites for hydroxylation is 1. The van der Waals surface area contributed by atoms with Crippen LogP contribution >= 0.6 is 0 Å². The molecule has 2 unspecified atom stereocenters. The van der Waals surface area contributed by atoms with Gasteiger partial charge in [-0.2, -0.15) is 0 Å². The first-order valence-corrected chi connectivity index (χ1v) is 13.5. The van der Waals surface area contributed by atoms with Crippen LogP contribution in [0.25, 0.3) is 6.08 Å². The summed E-state index contributed by atoms with van der Waals surface area (Å²) in [6.45, 7) is 4.41. The summed E-state index contributed by atoms with van der Waals surface area (Å²) in [5.41, 5.74) is 3.21. The van der Waals surface area contributed by atoms with Gasteiger partial charge in [0.1, 0.15) is 11.7 Å². The lowest BCUT2D eigenvalue weighted by Crippen LogP contribution is -2.78. The van der Waals surface area contributed by atoms with Gasteiger partial charge in [-0.05, 0) is 69.5 Å². The van der Waals surface area contributed by atoms with Gasteiger partial charge in [0.15, 0.2) is 11.5 Å². The average Bonchev–Trinajstić information content (AvgIpc) is 3.24. The molecule has 38 heavy (non-hydrogen) atoms. The summed E-state index contributed by atoms with van der Waals surface area (Å²) in [5.74, 6) is 1.10. The van der Waals surface area contributed by atoms with Crippen LogP contribution in [0.1, 0.15) is 48.4 Å². The zero-order valence-corrected chi connectivity index (χ0v) is 22.8. The van der Waals surface area contributed by atoms with Crippen molar-refractivity contribution < 1.29 is 23.8 Å². The third kappa shape index (κ3) is 3.37. The minimum absolute atomic E-state index is 0.0428. The second-order valence-electron chi connectivity index (χ2n) is 11.4. The predicted octanol–water partition coefficient (Wildman–Crippen LogP) is 3.90. The second kappa shape index (κ2) is 8.87. The van der Waals surface area contributed by atoms with E-state index in [-0.39, 0.29) is 30.1 Å². The van der Waals surface area contributed by atoms with Gasteiger partial charge in [-0.15, -0.1) is 0 Å². The van der Waals surface area contributed by atoms with E-state index in [0.29, 0.717) is 18.6 Å². The van der Waals surface area contributed by atoms with Gasteiger partial charge in [0.2, 0.25) is 5.91 Å². The Morgan fingerprint density at radius 1 is 1.21 bits per heavy atom. The fourth-order valence-corrected chi connectivity index (χ4v) is 7.93. The predicted molar refractivity (Wildman–Crippen MR) is 144 cm³/mol. The number of esters is 1. The molecule has 2 bridgehead atoms. The topological polar surface area (TPSA) is 68.3 Å². The van der Waals surface area contributed by atoms with Gasteiger partial charge >= 0.3 is 5.97 Å². The third-order valence-corrected chi connectivity index (χ3v) is 9.49. The van der Waals surface area contributed by atoms with Crippen LogP contribution in [-0.2, 0) is 26.2 Å². The number of piperidine rings is 1. The summed E-state index contributed by atoms with van der Waals surface area (Å²) < 4.78 is 19.0. The highest BCUT2D eigenvalue weighted by Crippen LogP contribution is 2.67. The first-order valence-electron chi connectivity index (χ1n) is 13.5. The van der Waals surface area contributed by atoms with Crippen LogP contribution < -0.4 is 9.47 Å². The smallest absolute Gasteiger partial charge is 0.303 e. The first-order chi connectivity index (χ1) is 18.2. The van der Waals surface area contributed by atoms with Gasteiger partial charge in [0.25, 0.3) is 0 Å². The van der Waals surface area contributed by atoms with E-state index in [1.165, 1.54) is 12.5 Å². The number of hydrogen-bond acceptors (Lipinski definition) is 6. The SMILES string of the molecule is COc1ccc2c3c1OC1C(N(C)C(=O)/C=C/c4cccc(C)c4)CC[C@@]4(OC(C)=O)[C@@H](C2)N(C)CC[C@]314. The summed E-state index contributed by atoms with van der Waals surface area (Å²) in [5, 5.41) is 0. The van der Waals surface area contributed by atoms with Crippen LogP contribution in [0.15, 0.2) is 42.5 Å². The number of benzene rings is 2. The molecule has 7 nitrogen and oxygen atoms in total. The molecule has 0 aromatic heterocycles. The Labute approximate surface area is 224 Å². The molecule has 5 atom stereocenters. The van der Waals surface area contributed by atoms with E-state index < -0.39 is 11.0 Å². The van der Waals surface area contributed by atoms with Crippen LogP contribution in [0, 0.1) is 6.92 Å². The fraction of sp³-hybridized carbons (Fsp3) is 0.484. The molecule has 2 aromatic carbocycles. The molecule has 2 aromatic rings. The number of carbonyl (C=O) groups is 2. The average molecular weight is 517 g/mol. The number of nitrogens with zero attached hydrogens (tertiary/aromatic N) is 2. The molecular formula is C31H36N2O5. The van der Waals surface area contributed by atoms with Crippen LogP contribution in [0.4, 0.5) is 0 Å². The molecule has 0 radical (unpaired) electrons. The number of methoxy groups -OCH3 is 1. The molecule has 1 saturated carbocycles. The molecule has 6 rings (SSSR count). The number of likely N-dealkylation sites (tertiary alicyclic amines) is 1. The van der Waals surface area contributed by atoms with E-state index in [0.717, 1.165) is 41.8 Å². The fourth-order valence-electron chi connectivity index (χ4n) is 7.93. The van der Waals surface area contributed by atoms with Gasteiger partial charge in [0, 0.05) is 25.6 Å². The third-order valence-electron chi connectivity index (χ3n) is 9.49. The molecule has 2 aliphatic heterocycles. The van der Waals surface area contributed by atoms with Crippen molar-refractivity contribution in [2.75, 3.05) is 27.7 Å². The summed E-state index contributed by atoms with van der Waals surface area (Å²) in [4.78, 5) is 30.3. The lowest BCUT2D eigenvalue weighted by molar-refractivity contribution is -0.220. The molecule has 2 fully saturated rings. The molecule has 1 amide bonds. The first kappa shape index (κ1) is 25.0. The quantitative estimate of drug-likeness (QED) is 0.444. The Bertz CT molecular complexity index is 1340. The Morgan fingerprint density at radius 2 is 2.03 bits per heavy atom. The normalized spacial score (nSPS) is 30.9. The monoisotopic (exact) mass is 516 g/mol. The van der Waals surface area contributed by atoms with Crippen molar-refractivity contribution in [1.82, 2.24) is 9.80 Å². The summed E-state index contributed by atoms with van der Waals surface area (Å²) in [7, 11) is 5.65. The van der Waals surface area contributed by atoms with Crippen molar-refractivity contribution in [3.05, 3.63) is 64.7 Å². The molecular weight excluding hydrogens is 480 g/mol. The van der Waals surface area contributed by atoms with E-state index in [1.807, 2.05) is 49.2 Å². The minimum Gasteiger partial charge on any atom is -0.493 e. The van der Waals surface area contributed by atoms with Crippen molar-refractivity contribution >= 4 is 18.0 Å². The molecule has 2 aliphatic carbocycles. The Morgan fingerprint density at radius 3 is 2.76 bits per heavy atom. The lowest BCUT2D eigenvalue weighted by Gasteiger charge is -2.65. The zero-order valence-electron chi connectivity index (χ0n) is 22.8. The van der Waals surface area contributed by atoms with E-state index >= 15 is 0 Å². The van der Waals surface area contributed by atoms with Crippen LogP contribution in [0.3, 0.4) is 0 Å². The summed E-state index contributed by atoms with van der Waals surface area (Å²) in [6.07, 6.45) is 6.08. The Balaban J connectivity index is 1.44. The highest BCUT2D eigenvalue weighted by Gasteiger charge is 2.75. The number of ether oxygens (including phenoxy) is 3. The summed E-state index contributed by atoms with van der Waals surface area (Å²) in [6, 6.07) is 12.1. The zero-order chi connectivity index (χ0) is 26.8. The highest BCUT2D eigenvalue weighted by atomic mass is 16.6. The minimum atomic E-state index is -0.723. The van der Waals surface area contributed by atoms with Gasteiger partial charge < -0.3 is 19.1 Å². The van der Waals surface area contributed by atoms with Crippen molar-refractivity contribution in [3.8, 4) is 11.5 Å². The van der Waals surface area contributed by atoms with Gasteiger partial charge in [-0.25, -0.2) is 0 Å². The number of rotatable bonds is 5. The largest absolute Gasteiger partial charge is 0.493 e. The molecule has 0 N–H and O–H groups in total. The molecule has 4 aliphatic rings. The summed E-state index contributed by atoms with van der Waals surface area (Å²) >= 11 is 0. The maximum atomic E-state index is 13.5. The molecule has 1 saturated heterocycles. The van der Waals surface area contributed by atoms with Crippen molar-refractivity contribution in [3.63, 3.8) is 0 Å². The van der Waals surface area contributed by atoms with Crippen molar-refractivity contribution in [2.24, 2.45) is 0 Å². The lowest BCUT2D eigenvalue weighted by atomic mass is 9.48. The molecule has 7 heteroatoms. The van der Waals surface area contributed by atoms with Crippen LogP contribution in [0.5, 0.6) is 11.5 Å². The van der Waals surface area contributed by atoms with Gasteiger partial charge in [-0.3, -0.25) is 14.5 Å². The maximum Gasteiger partial charge on any atom is 0.303 e. The number of likely N-dealkylation sites (N-methyl/N-ethyl adjacent to an activating group) is 2. The van der Waals surface area contributed by atoms with Crippen molar-refractivity contribution in [2.45, 2.75) is 68.7 Å². The number of hydrogen-bond donors (Lipinski definition) is 0. The van der Waals surface area contributed by atoms with Gasteiger partial charge in [-0.1, -0.05) is 35.9 Å². The highest BCUT2D eigenvalue weighted by molar-refractivity contribution is 5.92. The molecule has 1 spiro atoms. The molecule has 2 heterocycles. The number of amides is 1.